The van der Waals surface area contributed by atoms with Crippen molar-refractivity contribution in [2.75, 3.05) is 0 Å². The molecule has 14 heavy (non-hydrogen) atoms. The fraction of sp³-hybridized carbons (Fsp3) is 0.455. The molecule has 0 amide bonds. The van der Waals surface area contributed by atoms with Gasteiger partial charge in [-0.05, 0) is 25.3 Å². The molecule has 0 heterocycles. The van der Waals surface area contributed by atoms with E-state index in [9.17, 15) is 5.11 Å². The molecule has 0 fully saturated rings. The third kappa shape index (κ3) is 1.71. The Morgan fingerprint density at radius 1 is 1.00 bits per heavy atom. The summed E-state index contributed by atoms with van der Waals surface area (Å²) >= 11 is 12.3. The summed E-state index contributed by atoms with van der Waals surface area (Å²) < 4.78 is 0. The lowest BCUT2D eigenvalue weighted by molar-refractivity contribution is 0.466. The fourth-order valence-electron chi connectivity index (χ4n) is 1.50. The average Bonchev–Trinajstić information content (AvgIpc) is 2.11. The van der Waals surface area contributed by atoms with Gasteiger partial charge in [-0.25, -0.2) is 0 Å². The second-order valence-electron chi connectivity index (χ2n) is 3.79. The Labute approximate surface area is 94.7 Å². The molecular formula is C11H14Cl2O. The van der Waals surface area contributed by atoms with Crippen LogP contribution in [0.15, 0.2) is 0 Å². The van der Waals surface area contributed by atoms with E-state index < -0.39 is 0 Å². The Kier molecular flexibility index (Phi) is 3.33. The lowest BCUT2D eigenvalue weighted by Gasteiger charge is -2.16. The summed E-state index contributed by atoms with van der Waals surface area (Å²) in [5, 5.41) is 10.9. The third-order valence-corrected chi connectivity index (χ3v) is 3.39. The molecule has 0 atom stereocenters. The quantitative estimate of drug-likeness (QED) is 0.760. The highest BCUT2D eigenvalue weighted by Crippen LogP contribution is 2.41. The molecule has 0 saturated carbocycles. The van der Waals surface area contributed by atoms with Crippen molar-refractivity contribution >= 4 is 23.2 Å². The van der Waals surface area contributed by atoms with E-state index in [1.54, 1.807) is 13.8 Å². The van der Waals surface area contributed by atoms with Crippen LogP contribution in [0, 0.1) is 13.8 Å². The van der Waals surface area contributed by atoms with E-state index in [-0.39, 0.29) is 11.7 Å². The summed E-state index contributed by atoms with van der Waals surface area (Å²) in [6, 6.07) is 0. The summed E-state index contributed by atoms with van der Waals surface area (Å²) in [5.74, 6) is 0.456. The molecule has 0 saturated heterocycles. The van der Waals surface area contributed by atoms with Crippen molar-refractivity contribution in [1.29, 1.82) is 0 Å². The van der Waals surface area contributed by atoms with Gasteiger partial charge >= 0.3 is 0 Å². The van der Waals surface area contributed by atoms with Crippen molar-refractivity contribution in [3.05, 3.63) is 26.7 Å². The number of phenols is 1. The third-order valence-electron chi connectivity index (χ3n) is 2.42. The maximum atomic E-state index is 9.71. The molecule has 1 aromatic carbocycles. The molecule has 78 valence electrons. The van der Waals surface area contributed by atoms with Crippen LogP contribution in [0.3, 0.4) is 0 Å². The van der Waals surface area contributed by atoms with Crippen molar-refractivity contribution in [3.63, 3.8) is 0 Å². The van der Waals surface area contributed by atoms with Crippen molar-refractivity contribution in [1.82, 2.24) is 0 Å². The first-order valence-electron chi connectivity index (χ1n) is 4.54. The largest absolute Gasteiger partial charge is 0.507 e. The first-order chi connectivity index (χ1) is 6.37. The number of benzene rings is 1. The minimum atomic E-state index is 0.199. The zero-order valence-electron chi connectivity index (χ0n) is 8.78. The summed E-state index contributed by atoms with van der Waals surface area (Å²) in [7, 11) is 0. The molecule has 0 aliphatic heterocycles. The van der Waals surface area contributed by atoms with Gasteiger partial charge in [-0.3, -0.25) is 0 Å². The molecular weight excluding hydrogens is 219 g/mol. The number of aromatic hydroxyl groups is 1. The molecule has 1 aromatic rings. The van der Waals surface area contributed by atoms with E-state index in [1.165, 1.54) is 0 Å². The second kappa shape index (κ2) is 4.00. The topological polar surface area (TPSA) is 20.2 Å². The highest BCUT2D eigenvalue weighted by atomic mass is 35.5. The van der Waals surface area contributed by atoms with Gasteiger partial charge in [-0.15, -0.1) is 0 Å². The van der Waals surface area contributed by atoms with Gasteiger partial charge in [-0.2, -0.15) is 0 Å². The van der Waals surface area contributed by atoms with E-state index in [0.717, 1.165) is 5.56 Å². The Morgan fingerprint density at radius 2 is 1.36 bits per heavy atom. The maximum absolute atomic E-state index is 9.71. The monoisotopic (exact) mass is 232 g/mol. The lowest BCUT2D eigenvalue weighted by atomic mass is 9.97. The van der Waals surface area contributed by atoms with Crippen molar-refractivity contribution in [2.45, 2.75) is 33.6 Å². The Bertz CT molecular complexity index is 341. The lowest BCUT2D eigenvalue weighted by Crippen LogP contribution is -1.96. The zero-order valence-corrected chi connectivity index (χ0v) is 10.3. The summed E-state index contributed by atoms with van der Waals surface area (Å²) in [6.07, 6.45) is 0. The molecule has 1 rings (SSSR count). The molecule has 0 spiro atoms. The molecule has 0 aromatic heterocycles. The molecule has 0 unspecified atom stereocenters. The van der Waals surface area contributed by atoms with Gasteiger partial charge in [0.25, 0.3) is 0 Å². The predicted molar refractivity (Wildman–Crippen MR) is 61.7 cm³/mol. The van der Waals surface area contributed by atoms with Crippen LogP contribution in [-0.2, 0) is 0 Å². The van der Waals surface area contributed by atoms with Gasteiger partial charge < -0.3 is 5.11 Å². The number of hydrogen-bond donors (Lipinski definition) is 1. The van der Waals surface area contributed by atoms with Crippen LogP contribution in [0.25, 0.3) is 0 Å². The number of halogens is 2. The van der Waals surface area contributed by atoms with Crippen LogP contribution in [0.2, 0.25) is 10.0 Å². The van der Waals surface area contributed by atoms with Crippen LogP contribution in [-0.4, -0.2) is 5.11 Å². The van der Waals surface area contributed by atoms with Gasteiger partial charge in [-0.1, -0.05) is 37.0 Å². The predicted octanol–water partition coefficient (Wildman–Crippen LogP) is 4.44. The molecule has 0 bridgehead atoms. The van der Waals surface area contributed by atoms with Crippen molar-refractivity contribution in [3.8, 4) is 5.75 Å². The van der Waals surface area contributed by atoms with Crippen molar-refractivity contribution in [2.24, 2.45) is 0 Å². The van der Waals surface area contributed by atoms with Crippen LogP contribution >= 0.6 is 23.2 Å². The van der Waals surface area contributed by atoms with E-state index in [2.05, 4.69) is 0 Å². The maximum Gasteiger partial charge on any atom is 0.124 e. The van der Waals surface area contributed by atoms with E-state index in [4.69, 9.17) is 23.2 Å². The second-order valence-corrected chi connectivity index (χ2v) is 4.55. The van der Waals surface area contributed by atoms with Crippen molar-refractivity contribution < 1.29 is 5.11 Å². The summed E-state index contributed by atoms with van der Waals surface area (Å²) in [6.45, 7) is 7.66. The molecule has 0 aliphatic carbocycles. The van der Waals surface area contributed by atoms with Gasteiger partial charge in [0.1, 0.15) is 5.75 Å². The smallest absolute Gasteiger partial charge is 0.124 e. The normalized spacial score (nSPS) is 11.1. The fourth-order valence-corrected chi connectivity index (χ4v) is 2.35. The molecule has 1 N–H and O–H groups in total. The Balaban J connectivity index is 3.60. The van der Waals surface area contributed by atoms with Gasteiger partial charge in [0.15, 0.2) is 0 Å². The van der Waals surface area contributed by atoms with E-state index >= 15 is 0 Å². The highest BCUT2D eigenvalue weighted by molar-refractivity contribution is 6.37. The van der Waals surface area contributed by atoms with Crippen LogP contribution in [0.1, 0.15) is 36.5 Å². The standard InChI is InChI=1S/C11H14Cl2O/c1-5(2)8-9(12)6(3)11(14)7(4)10(8)13/h5,14H,1-4H3. The first kappa shape index (κ1) is 11.7. The zero-order chi connectivity index (χ0) is 11.0. The number of rotatable bonds is 1. The molecule has 1 nitrogen and oxygen atoms in total. The Morgan fingerprint density at radius 3 is 1.64 bits per heavy atom. The van der Waals surface area contributed by atoms with Crippen LogP contribution in [0.5, 0.6) is 5.75 Å². The summed E-state index contributed by atoms with van der Waals surface area (Å²) in [5.41, 5.74) is 2.33. The number of phenolic OH excluding ortho intramolecular Hbond substituents is 1. The molecule has 0 aliphatic rings. The molecule has 0 radical (unpaired) electrons. The van der Waals surface area contributed by atoms with Gasteiger partial charge in [0.2, 0.25) is 0 Å². The average molecular weight is 233 g/mol. The van der Waals surface area contributed by atoms with E-state index in [1.807, 2.05) is 13.8 Å². The van der Waals surface area contributed by atoms with E-state index in [0.29, 0.717) is 21.2 Å². The molecule has 3 heteroatoms. The SMILES string of the molecule is Cc1c(O)c(C)c(Cl)c(C(C)C)c1Cl. The number of hydrogen-bond acceptors (Lipinski definition) is 1. The summed E-state index contributed by atoms with van der Waals surface area (Å²) in [4.78, 5) is 0. The van der Waals surface area contributed by atoms with Gasteiger partial charge in [0, 0.05) is 11.1 Å². The van der Waals surface area contributed by atoms with Crippen LogP contribution < -0.4 is 0 Å². The van der Waals surface area contributed by atoms with Gasteiger partial charge in [0.05, 0.1) is 10.0 Å². The van der Waals surface area contributed by atoms with Crippen LogP contribution in [0.4, 0.5) is 0 Å². The Hall–Kier alpha value is -0.400. The minimum Gasteiger partial charge on any atom is -0.507 e. The highest BCUT2D eigenvalue weighted by Gasteiger charge is 2.18. The first-order valence-corrected chi connectivity index (χ1v) is 5.30. The minimum absolute atomic E-state index is 0.199.